The fraction of sp³-hybridized carbons (Fsp3) is 0.562. The van der Waals surface area contributed by atoms with Gasteiger partial charge in [0.15, 0.2) is 0 Å². The molecule has 4 nitrogen and oxygen atoms in total. The van der Waals surface area contributed by atoms with E-state index in [1.165, 1.54) is 10.9 Å². The zero-order valence-corrected chi connectivity index (χ0v) is 12.5. The van der Waals surface area contributed by atoms with E-state index in [1.54, 1.807) is 0 Å². The fourth-order valence-electron chi connectivity index (χ4n) is 2.78. The lowest BCUT2D eigenvalue weighted by molar-refractivity contribution is 0.144. The number of aromatic nitrogens is 2. The third-order valence-corrected chi connectivity index (χ3v) is 4.11. The molecular weight excluding hydrogens is 250 g/mol. The number of aliphatic hydroxyl groups excluding tert-OH is 1. The third-order valence-electron chi connectivity index (χ3n) is 4.11. The van der Waals surface area contributed by atoms with Crippen LogP contribution in [-0.2, 0) is 6.54 Å². The molecule has 2 rings (SSSR count). The molecule has 110 valence electrons. The molecule has 0 spiro atoms. The summed E-state index contributed by atoms with van der Waals surface area (Å²) in [4.78, 5) is 0. The normalized spacial score (nSPS) is 14.6. The lowest BCUT2D eigenvalue weighted by Gasteiger charge is -2.31. The number of likely N-dealkylation sites (N-methyl/N-ethyl adjacent to an activating group) is 1. The van der Waals surface area contributed by atoms with Gasteiger partial charge in [0, 0.05) is 17.5 Å². The van der Waals surface area contributed by atoms with Crippen LogP contribution in [0.4, 0.5) is 0 Å². The van der Waals surface area contributed by atoms with Crippen molar-refractivity contribution in [2.75, 3.05) is 13.2 Å². The maximum Gasteiger partial charge on any atom is 0.0682 e. The number of benzene rings is 1. The number of hydrogen-bond donors (Lipinski definition) is 2. The van der Waals surface area contributed by atoms with Gasteiger partial charge < -0.3 is 10.4 Å². The van der Waals surface area contributed by atoms with Gasteiger partial charge in [-0.25, -0.2) is 0 Å². The number of aryl methyl sites for hydroxylation is 1. The summed E-state index contributed by atoms with van der Waals surface area (Å²) in [5.41, 5.74) is 1.04. The van der Waals surface area contributed by atoms with E-state index in [9.17, 15) is 5.11 Å². The summed E-state index contributed by atoms with van der Waals surface area (Å²) in [7, 11) is 0. The number of hydrogen-bond acceptors (Lipinski definition) is 3. The van der Waals surface area contributed by atoms with Gasteiger partial charge in [-0.15, -0.1) is 0 Å². The number of nitrogens with zero attached hydrogens (tertiary/aromatic N) is 2. The molecule has 2 N–H and O–H groups in total. The molecule has 1 unspecified atom stereocenters. The van der Waals surface area contributed by atoms with E-state index in [4.69, 9.17) is 0 Å². The van der Waals surface area contributed by atoms with Gasteiger partial charge >= 0.3 is 0 Å². The molecule has 0 aliphatic rings. The molecule has 0 saturated carbocycles. The Morgan fingerprint density at radius 1 is 1.30 bits per heavy atom. The van der Waals surface area contributed by atoms with Gasteiger partial charge in [-0.3, -0.25) is 4.68 Å². The molecule has 20 heavy (non-hydrogen) atoms. The minimum Gasteiger partial charge on any atom is -0.394 e. The van der Waals surface area contributed by atoms with Crippen LogP contribution in [-0.4, -0.2) is 33.6 Å². The molecule has 0 amide bonds. The Labute approximate surface area is 120 Å². The van der Waals surface area contributed by atoms with Gasteiger partial charge in [-0.2, -0.15) is 5.10 Å². The molecule has 0 aliphatic carbocycles. The second-order valence-electron chi connectivity index (χ2n) is 5.35. The van der Waals surface area contributed by atoms with Crippen molar-refractivity contribution in [3.63, 3.8) is 0 Å². The van der Waals surface area contributed by atoms with E-state index in [0.29, 0.717) is 0 Å². The predicted octanol–water partition coefficient (Wildman–Crippen LogP) is 2.57. The lowest BCUT2D eigenvalue weighted by Crippen LogP contribution is -2.48. The molecule has 0 radical (unpaired) electrons. The average Bonchev–Trinajstić information content (AvgIpc) is 2.90. The zero-order chi connectivity index (χ0) is 14.4. The molecule has 1 aromatic heterocycles. The number of fused-ring (bicyclic) bond motifs is 1. The highest BCUT2D eigenvalue weighted by molar-refractivity contribution is 5.78. The molecular formula is C16H25N3O. The Hall–Kier alpha value is -1.39. The first-order valence-corrected chi connectivity index (χ1v) is 7.51. The summed E-state index contributed by atoms with van der Waals surface area (Å²) < 4.78 is 2.05. The molecule has 0 saturated heterocycles. The Morgan fingerprint density at radius 3 is 2.80 bits per heavy atom. The van der Waals surface area contributed by atoms with Crippen LogP contribution in [0.15, 0.2) is 30.5 Å². The van der Waals surface area contributed by atoms with Gasteiger partial charge in [-0.1, -0.05) is 32.0 Å². The van der Waals surface area contributed by atoms with E-state index in [1.807, 2.05) is 18.3 Å². The van der Waals surface area contributed by atoms with Crippen LogP contribution < -0.4 is 5.32 Å². The van der Waals surface area contributed by atoms with Crippen LogP contribution in [0, 0.1) is 0 Å². The summed E-state index contributed by atoms with van der Waals surface area (Å²) in [6.45, 7) is 6.18. The molecule has 2 aromatic rings. The van der Waals surface area contributed by atoms with E-state index in [0.717, 1.165) is 32.4 Å². The molecule has 1 atom stereocenters. The van der Waals surface area contributed by atoms with Gasteiger partial charge in [0.1, 0.15) is 0 Å². The molecule has 0 aliphatic heterocycles. The Balaban J connectivity index is 1.98. The summed E-state index contributed by atoms with van der Waals surface area (Å²) in [5, 5.41) is 18.7. The maximum atomic E-state index is 9.65. The second-order valence-corrected chi connectivity index (χ2v) is 5.35. The first-order valence-electron chi connectivity index (χ1n) is 7.51. The molecule has 4 heteroatoms. The van der Waals surface area contributed by atoms with Crippen molar-refractivity contribution in [1.82, 2.24) is 15.1 Å². The van der Waals surface area contributed by atoms with E-state index >= 15 is 0 Å². The van der Waals surface area contributed by atoms with Crippen LogP contribution in [0.5, 0.6) is 0 Å². The lowest BCUT2D eigenvalue weighted by atomic mass is 9.91. The van der Waals surface area contributed by atoms with Crippen molar-refractivity contribution in [2.45, 2.75) is 45.2 Å². The van der Waals surface area contributed by atoms with E-state index < -0.39 is 0 Å². The minimum absolute atomic E-state index is 0.141. The van der Waals surface area contributed by atoms with Crippen molar-refractivity contribution in [1.29, 1.82) is 0 Å². The predicted molar refractivity (Wildman–Crippen MR) is 82.8 cm³/mol. The Bertz CT molecular complexity index is 531. The van der Waals surface area contributed by atoms with Crippen molar-refractivity contribution < 1.29 is 5.11 Å². The van der Waals surface area contributed by atoms with Gasteiger partial charge in [0.25, 0.3) is 0 Å². The number of nitrogens with one attached hydrogen (secondary N) is 1. The highest BCUT2D eigenvalue weighted by atomic mass is 16.3. The minimum atomic E-state index is -0.141. The summed E-state index contributed by atoms with van der Waals surface area (Å²) in [6.07, 6.45) is 4.82. The van der Waals surface area contributed by atoms with Gasteiger partial charge in [-0.05, 0) is 31.9 Å². The van der Waals surface area contributed by atoms with Crippen LogP contribution in [0.2, 0.25) is 0 Å². The maximum absolute atomic E-state index is 9.65. The quantitative estimate of drug-likeness (QED) is 0.778. The summed E-state index contributed by atoms with van der Waals surface area (Å²) in [6, 6.07) is 8.27. The highest BCUT2D eigenvalue weighted by Gasteiger charge is 2.25. The Kier molecular flexibility index (Phi) is 5.15. The van der Waals surface area contributed by atoms with Crippen LogP contribution in [0.3, 0.4) is 0 Å². The molecule has 1 aromatic carbocycles. The smallest absolute Gasteiger partial charge is 0.0682 e. The summed E-state index contributed by atoms with van der Waals surface area (Å²) >= 11 is 0. The van der Waals surface area contributed by atoms with Crippen molar-refractivity contribution in [2.24, 2.45) is 0 Å². The molecule has 1 heterocycles. The zero-order valence-electron chi connectivity index (χ0n) is 12.5. The number of aliphatic hydroxyl groups is 1. The van der Waals surface area contributed by atoms with Crippen molar-refractivity contribution in [3.8, 4) is 0 Å². The van der Waals surface area contributed by atoms with E-state index in [-0.39, 0.29) is 12.1 Å². The number of para-hydroxylation sites is 1. The monoisotopic (exact) mass is 275 g/mol. The first kappa shape index (κ1) is 15.0. The van der Waals surface area contributed by atoms with Gasteiger partial charge in [0.05, 0.1) is 18.3 Å². The van der Waals surface area contributed by atoms with Crippen LogP contribution in [0.25, 0.3) is 10.9 Å². The standard InChI is InChI=1S/C16H25N3O/c1-3-16(13-20,17-4-2)10-7-11-19-15-9-6-5-8-14(15)12-18-19/h5-6,8-9,12,17,20H,3-4,7,10-11,13H2,1-2H3. The topological polar surface area (TPSA) is 50.1 Å². The second kappa shape index (κ2) is 6.86. The average molecular weight is 275 g/mol. The first-order chi connectivity index (χ1) is 9.74. The third kappa shape index (κ3) is 3.19. The number of rotatable bonds is 8. The molecule has 0 bridgehead atoms. The summed E-state index contributed by atoms with van der Waals surface area (Å²) in [5.74, 6) is 0. The van der Waals surface area contributed by atoms with Crippen molar-refractivity contribution in [3.05, 3.63) is 30.5 Å². The molecule has 0 fully saturated rings. The SMILES string of the molecule is CCNC(CC)(CO)CCCn1ncc2ccccc21. The van der Waals surface area contributed by atoms with Gasteiger partial charge in [0.2, 0.25) is 0 Å². The largest absolute Gasteiger partial charge is 0.394 e. The van der Waals surface area contributed by atoms with Crippen LogP contribution >= 0.6 is 0 Å². The van der Waals surface area contributed by atoms with Crippen LogP contribution in [0.1, 0.15) is 33.1 Å². The van der Waals surface area contributed by atoms with E-state index in [2.05, 4.69) is 41.1 Å². The van der Waals surface area contributed by atoms with Crippen molar-refractivity contribution >= 4 is 10.9 Å². The highest BCUT2D eigenvalue weighted by Crippen LogP contribution is 2.19. The fourth-order valence-corrected chi connectivity index (χ4v) is 2.78. The Morgan fingerprint density at radius 2 is 2.10 bits per heavy atom.